The summed E-state index contributed by atoms with van der Waals surface area (Å²) in [6.07, 6.45) is -4.24. The van der Waals surface area contributed by atoms with E-state index in [1.54, 1.807) is 13.0 Å². The quantitative estimate of drug-likeness (QED) is 0.114. The molecule has 6 N–H and O–H groups in total. The zero-order chi connectivity index (χ0) is 19.2. The summed E-state index contributed by atoms with van der Waals surface area (Å²) < 4.78 is 8.55. The van der Waals surface area contributed by atoms with Crippen LogP contribution in [-0.4, -0.2) is 67.9 Å². The molecule has 0 aliphatic heterocycles. The maximum Gasteiger partial charge on any atom is 0.151 e. The van der Waals surface area contributed by atoms with Crippen molar-refractivity contribution in [3.8, 4) is 0 Å². The third-order valence-electron chi connectivity index (χ3n) is 1.95. The predicted octanol–water partition coefficient (Wildman–Crippen LogP) is -4.57. The number of aldehydes is 1. The molecule has 0 radical (unpaired) electrons. The molecular weight excluding hydrogens is 339 g/mol. The molecule has 0 saturated carbocycles. The molecule has 12 heteroatoms. The Morgan fingerprint density at radius 2 is 1.57 bits per heavy atom. The second kappa shape index (κ2) is 14.5. The van der Waals surface area contributed by atoms with Gasteiger partial charge in [-0.05, 0) is 12.5 Å². The van der Waals surface area contributed by atoms with Gasteiger partial charge in [0.05, 0.1) is 12.9 Å². The number of hydrogen-bond acceptors (Lipinski definition) is 11. The Hall–Kier alpha value is -1.14. The van der Waals surface area contributed by atoms with E-state index in [1.165, 1.54) is 0 Å². The molecule has 0 aromatic rings. The van der Waals surface area contributed by atoms with Gasteiger partial charge in [0.15, 0.2) is 6.29 Å². The van der Waals surface area contributed by atoms with Gasteiger partial charge >= 0.3 is 0 Å². The van der Waals surface area contributed by atoms with Crippen molar-refractivity contribution in [2.75, 3.05) is 6.61 Å². The van der Waals surface area contributed by atoms with Crippen molar-refractivity contribution < 1.29 is 54.7 Å². The van der Waals surface area contributed by atoms with E-state index in [-0.39, 0.29) is 6.29 Å². The average Bonchev–Trinajstić information content (AvgIpc) is 2.49. The molecule has 0 unspecified atom stereocenters. The van der Waals surface area contributed by atoms with Gasteiger partial charge in [-0.25, -0.2) is 0 Å². The molecular formula is C11H20O11P-3. The van der Waals surface area contributed by atoms with Crippen LogP contribution in [0.1, 0.15) is 6.92 Å². The largest absolute Gasteiger partial charge is 0.822 e. The predicted molar refractivity (Wildman–Crippen MR) is 71.4 cm³/mol. The zero-order valence-electron chi connectivity index (χ0n) is 12.1. The summed E-state index contributed by atoms with van der Waals surface area (Å²) in [4.78, 5) is 35.5. The van der Waals surface area contributed by atoms with Gasteiger partial charge in [-0.1, -0.05) is 12.7 Å². The van der Waals surface area contributed by atoms with Crippen molar-refractivity contribution in [2.24, 2.45) is 0 Å². The number of carbonyl (C=O) groups excluding carboxylic acids is 1. The molecule has 138 valence electrons. The molecule has 0 saturated heterocycles. The molecule has 0 aromatic heterocycles. The topological polar surface area (TPSA) is 225 Å². The summed E-state index contributed by atoms with van der Waals surface area (Å²) in [5, 5.41) is 51.6. The number of allylic oxidation sites excluding steroid dienone is 2. The Labute approximate surface area is 132 Å². The summed E-state index contributed by atoms with van der Waals surface area (Å²) in [6, 6.07) is 0. The van der Waals surface area contributed by atoms with Crippen molar-refractivity contribution in [2.45, 2.75) is 31.3 Å². The zero-order valence-corrected chi connectivity index (χ0v) is 13.0. The maximum absolute atomic E-state index is 9.90. The molecule has 11 nitrogen and oxygen atoms in total. The molecule has 0 bridgehead atoms. The van der Waals surface area contributed by atoms with Crippen molar-refractivity contribution in [3.63, 3.8) is 0 Å². The van der Waals surface area contributed by atoms with Crippen molar-refractivity contribution in [1.82, 2.24) is 0 Å². The Bertz CT molecular complexity index is 383. The normalized spacial score (nSPS) is 16.5. The van der Waals surface area contributed by atoms with Gasteiger partial charge in [-0.15, -0.1) is 0 Å². The second-order valence-corrected chi connectivity index (χ2v) is 4.78. The number of aliphatic hydroxyl groups is 6. The van der Waals surface area contributed by atoms with Gasteiger partial charge in [-0.3, -0.25) is 0 Å². The van der Waals surface area contributed by atoms with E-state index in [9.17, 15) is 4.79 Å². The van der Waals surface area contributed by atoms with E-state index in [0.29, 0.717) is 0 Å². The highest BCUT2D eigenvalue weighted by atomic mass is 31.2. The van der Waals surface area contributed by atoms with E-state index in [1.807, 2.05) is 0 Å². The van der Waals surface area contributed by atoms with Crippen LogP contribution in [0.15, 0.2) is 24.5 Å². The molecule has 23 heavy (non-hydrogen) atoms. The highest BCUT2D eigenvalue weighted by molar-refractivity contribution is 7.40. The lowest BCUT2D eigenvalue weighted by atomic mass is 10.0. The third kappa shape index (κ3) is 20.9. The van der Waals surface area contributed by atoms with Crippen molar-refractivity contribution in [1.29, 1.82) is 0 Å². The van der Waals surface area contributed by atoms with Crippen molar-refractivity contribution in [3.05, 3.63) is 24.5 Å². The third-order valence-corrected chi connectivity index (χ3v) is 1.95. The minimum atomic E-state index is -5.39. The average molecular weight is 359 g/mol. The van der Waals surface area contributed by atoms with Gasteiger partial charge in [0.25, 0.3) is 0 Å². The number of carbonyl (C=O) groups is 1. The highest BCUT2D eigenvalue weighted by Gasteiger charge is 2.29. The molecule has 0 aromatic carbocycles. The van der Waals surface area contributed by atoms with Crippen LogP contribution in [0.2, 0.25) is 0 Å². The number of hydrogen-bond donors (Lipinski definition) is 6. The van der Waals surface area contributed by atoms with Crippen LogP contribution in [0.4, 0.5) is 0 Å². The van der Waals surface area contributed by atoms with Gasteiger partial charge in [-0.2, -0.15) is 7.82 Å². The fourth-order valence-electron chi connectivity index (χ4n) is 0.671. The molecule has 0 amide bonds. The Morgan fingerprint density at radius 3 is 1.74 bits per heavy atom. The first-order valence-electron chi connectivity index (χ1n) is 5.80. The Kier molecular flexibility index (Phi) is 16.8. The standard InChI is InChI=1S/C6H12O6.C5H8O.H3O4P/c7-1-3(9)5(11)6(12)4(10)2-8;1-3-5(2)4-6;1-5(2,3)4/h1,3-6,8-12H,2H2;3-4,6H,1H2,2H3;(H3,1,2,3,4)/p-3/b;5-4+;/t3-,4+,5+,6+;;/m0../s1. The summed E-state index contributed by atoms with van der Waals surface area (Å²) in [7, 11) is -5.39. The molecule has 0 fully saturated rings. The van der Waals surface area contributed by atoms with Gasteiger partial charge in [0.1, 0.15) is 24.4 Å². The van der Waals surface area contributed by atoms with Gasteiger partial charge in [0, 0.05) is 0 Å². The van der Waals surface area contributed by atoms with Crippen molar-refractivity contribution >= 4 is 14.1 Å². The van der Waals surface area contributed by atoms with E-state index >= 15 is 0 Å². The van der Waals surface area contributed by atoms with Crippen LogP contribution in [0.5, 0.6) is 0 Å². The van der Waals surface area contributed by atoms with E-state index in [4.69, 9.17) is 49.9 Å². The van der Waals surface area contributed by atoms with E-state index in [2.05, 4.69) is 6.58 Å². The van der Waals surface area contributed by atoms with E-state index < -0.39 is 38.8 Å². The minimum Gasteiger partial charge on any atom is -0.822 e. The fourth-order valence-corrected chi connectivity index (χ4v) is 0.671. The number of rotatable bonds is 6. The van der Waals surface area contributed by atoms with Gasteiger partial charge in [0.2, 0.25) is 0 Å². The molecule has 0 aliphatic carbocycles. The lowest BCUT2D eigenvalue weighted by Crippen LogP contribution is -2.46. The SMILES string of the molecule is C=C/C(C)=C/O.O=C[C@H](O)[C@@H](O)[C@H](O)[C@H](O)CO.O=P([O-])([O-])[O-]. The Balaban J connectivity index is -0.000000303. The summed E-state index contributed by atoms with van der Waals surface area (Å²) in [5.41, 5.74) is 0.787. The second-order valence-electron chi connectivity index (χ2n) is 3.88. The lowest BCUT2D eigenvalue weighted by molar-refractivity contribution is -0.432. The summed E-state index contributed by atoms with van der Waals surface area (Å²) in [5.74, 6) is 0. The number of aliphatic hydroxyl groups excluding tert-OH is 6. The summed E-state index contributed by atoms with van der Waals surface area (Å²) in [6.45, 7) is 4.41. The first-order chi connectivity index (χ1) is 10.3. The van der Waals surface area contributed by atoms with Crippen LogP contribution in [0.3, 0.4) is 0 Å². The summed E-state index contributed by atoms with van der Waals surface area (Å²) >= 11 is 0. The van der Waals surface area contributed by atoms with Gasteiger partial charge < -0.3 is 54.7 Å². The lowest BCUT2D eigenvalue weighted by Gasteiger charge is -2.36. The molecule has 4 atom stereocenters. The van der Waals surface area contributed by atoms with Crippen LogP contribution in [0, 0.1) is 0 Å². The first kappa shape index (κ1) is 26.7. The molecule has 0 rings (SSSR count). The smallest absolute Gasteiger partial charge is 0.151 e. The van der Waals surface area contributed by atoms with Crippen LogP contribution in [0.25, 0.3) is 0 Å². The number of phosphoric acid groups is 1. The van der Waals surface area contributed by atoms with Crippen LogP contribution in [-0.2, 0) is 9.36 Å². The van der Waals surface area contributed by atoms with Crippen LogP contribution >= 0.6 is 7.82 Å². The maximum atomic E-state index is 9.90. The van der Waals surface area contributed by atoms with Crippen LogP contribution < -0.4 is 14.7 Å². The fraction of sp³-hybridized carbons (Fsp3) is 0.545. The first-order valence-corrected chi connectivity index (χ1v) is 7.26. The highest BCUT2D eigenvalue weighted by Crippen LogP contribution is 2.03. The molecule has 0 spiro atoms. The molecule has 0 aliphatic rings. The Morgan fingerprint density at radius 1 is 1.17 bits per heavy atom. The minimum absolute atomic E-state index is 0.0258. The monoisotopic (exact) mass is 359 g/mol. The van der Waals surface area contributed by atoms with E-state index in [0.717, 1.165) is 11.8 Å². The molecule has 0 heterocycles.